The number of amides is 2. The van der Waals surface area contributed by atoms with Gasteiger partial charge in [-0.3, -0.25) is 9.59 Å². The molecule has 7 heteroatoms. The van der Waals surface area contributed by atoms with Crippen molar-refractivity contribution in [3.63, 3.8) is 0 Å². The Morgan fingerprint density at radius 2 is 1.93 bits per heavy atom. The predicted octanol–water partition coefficient (Wildman–Crippen LogP) is 2.76. The van der Waals surface area contributed by atoms with E-state index in [9.17, 15) is 14.7 Å². The summed E-state index contributed by atoms with van der Waals surface area (Å²) in [6.45, 7) is -0.478. The Morgan fingerprint density at radius 3 is 2.61 bits per heavy atom. The number of hydrogen-bond acceptors (Lipinski definition) is 5. The second-order valence-electron chi connectivity index (χ2n) is 7.25. The van der Waals surface area contributed by atoms with Crippen LogP contribution in [0.1, 0.15) is 55.5 Å². The number of nitrogens with one attached hydrogen (secondary N) is 2. The molecule has 1 aromatic carbocycles. The van der Waals surface area contributed by atoms with Crippen molar-refractivity contribution in [3.8, 4) is 5.75 Å². The fraction of sp³-hybridized carbons (Fsp3) is 0.524. The number of rotatable bonds is 6. The minimum atomic E-state index is -1.02. The first-order valence-electron chi connectivity index (χ1n) is 9.91. The second-order valence-corrected chi connectivity index (χ2v) is 7.25. The maximum absolute atomic E-state index is 12.5. The van der Waals surface area contributed by atoms with Crippen molar-refractivity contribution in [1.29, 1.82) is 0 Å². The van der Waals surface area contributed by atoms with Crippen molar-refractivity contribution >= 4 is 22.8 Å². The van der Waals surface area contributed by atoms with Gasteiger partial charge in [-0.05, 0) is 25.0 Å². The lowest BCUT2D eigenvalue weighted by atomic mass is 9.96. The molecule has 3 N–H and O–H groups in total. The van der Waals surface area contributed by atoms with E-state index >= 15 is 0 Å². The van der Waals surface area contributed by atoms with Gasteiger partial charge < -0.3 is 24.9 Å². The first-order valence-corrected chi connectivity index (χ1v) is 9.91. The summed E-state index contributed by atoms with van der Waals surface area (Å²) in [7, 11) is 1.53. The van der Waals surface area contributed by atoms with Crippen LogP contribution < -0.4 is 15.4 Å². The molecule has 1 atom stereocenters. The van der Waals surface area contributed by atoms with Gasteiger partial charge in [-0.15, -0.1) is 0 Å². The summed E-state index contributed by atoms with van der Waals surface area (Å²) in [5, 5.41) is 15.9. The number of fused-ring (bicyclic) bond motifs is 1. The first kappa shape index (κ1) is 20.2. The molecular weight excluding hydrogens is 360 g/mol. The van der Waals surface area contributed by atoms with Crippen LogP contribution in [0, 0.1) is 0 Å². The van der Waals surface area contributed by atoms with Crippen molar-refractivity contribution < 1.29 is 23.8 Å². The fourth-order valence-corrected chi connectivity index (χ4v) is 3.63. The molecule has 3 rings (SSSR count). The van der Waals surface area contributed by atoms with E-state index in [0.717, 1.165) is 31.1 Å². The number of methoxy groups -OCH3 is 1. The van der Waals surface area contributed by atoms with E-state index in [0.29, 0.717) is 11.3 Å². The average molecular weight is 388 g/mol. The Hall–Kier alpha value is -2.54. The van der Waals surface area contributed by atoms with Crippen LogP contribution in [-0.2, 0) is 4.79 Å². The number of aliphatic hydroxyl groups is 1. The third kappa shape index (κ3) is 4.84. The first-order chi connectivity index (χ1) is 13.6. The summed E-state index contributed by atoms with van der Waals surface area (Å²) in [6.07, 6.45) is 7.65. The zero-order valence-corrected chi connectivity index (χ0v) is 16.2. The average Bonchev–Trinajstić information content (AvgIpc) is 3.12. The molecule has 0 bridgehead atoms. The smallest absolute Gasteiger partial charge is 0.287 e. The molecule has 0 unspecified atom stereocenters. The molecule has 0 aliphatic heterocycles. The highest BCUT2D eigenvalue weighted by molar-refractivity contribution is 5.99. The quantitative estimate of drug-likeness (QED) is 0.706. The predicted molar refractivity (Wildman–Crippen MR) is 105 cm³/mol. The largest absolute Gasteiger partial charge is 0.493 e. The van der Waals surface area contributed by atoms with E-state index in [1.807, 2.05) is 6.07 Å². The molecular formula is C21H28N2O5. The Balaban J connectivity index is 1.64. The van der Waals surface area contributed by atoms with Crippen molar-refractivity contribution in [1.82, 2.24) is 10.6 Å². The van der Waals surface area contributed by atoms with Crippen LogP contribution >= 0.6 is 0 Å². The molecule has 1 aromatic heterocycles. The minimum Gasteiger partial charge on any atom is -0.493 e. The van der Waals surface area contributed by atoms with Gasteiger partial charge in [0.25, 0.3) is 5.91 Å². The molecule has 1 saturated carbocycles. The molecule has 152 valence electrons. The van der Waals surface area contributed by atoms with Crippen LogP contribution in [-0.4, -0.2) is 42.7 Å². The van der Waals surface area contributed by atoms with Gasteiger partial charge in [0.1, 0.15) is 6.04 Å². The van der Waals surface area contributed by atoms with Crippen LogP contribution in [0.5, 0.6) is 5.75 Å². The molecule has 2 amide bonds. The zero-order chi connectivity index (χ0) is 19.9. The number of ether oxygens (including phenoxy) is 1. The van der Waals surface area contributed by atoms with Gasteiger partial charge >= 0.3 is 0 Å². The summed E-state index contributed by atoms with van der Waals surface area (Å²) >= 11 is 0. The van der Waals surface area contributed by atoms with Crippen LogP contribution in [0.2, 0.25) is 0 Å². The molecule has 7 nitrogen and oxygen atoms in total. The third-order valence-corrected chi connectivity index (χ3v) is 5.21. The summed E-state index contributed by atoms with van der Waals surface area (Å²) in [5.74, 6) is -0.325. The number of hydrogen-bond donors (Lipinski definition) is 3. The molecule has 1 aliphatic rings. The van der Waals surface area contributed by atoms with Gasteiger partial charge in [-0.2, -0.15) is 0 Å². The molecule has 2 aromatic rings. The Kier molecular flexibility index (Phi) is 6.92. The van der Waals surface area contributed by atoms with Crippen molar-refractivity contribution in [2.75, 3.05) is 13.7 Å². The van der Waals surface area contributed by atoms with E-state index in [2.05, 4.69) is 10.6 Å². The van der Waals surface area contributed by atoms with Crippen LogP contribution in [0.3, 0.4) is 0 Å². The van der Waals surface area contributed by atoms with Gasteiger partial charge in [-0.25, -0.2) is 0 Å². The van der Waals surface area contributed by atoms with Gasteiger partial charge in [0.15, 0.2) is 17.1 Å². The number of carbonyl (C=O) groups is 2. The van der Waals surface area contributed by atoms with Crippen LogP contribution in [0.4, 0.5) is 0 Å². The summed E-state index contributed by atoms with van der Waals surface area (Å²) in [5.41, 5.74) is 0.467. The van der Waals surface area contributed by atoms with Crippen molar-refractivity contribution in [2.45, 2.75) is 57.0 Å². The Bertz CT molecular complexity index is 808. The van der Waals surface area contributed by atoms with E-state index in [4.69, 9.17) is 9.15 Å². The monoisotopic (exact) mass is 388 g/mol. The normalized spacial score (nSPS) is 16.8. The standard InChI is InChI=1S/C21H28N2O5/c1-27-17-11-7-8-14-12-18(28-19(14)17)21(26)23-16(13-24)20(25)22-15-9-5-3-2-4-6-10-15/h7-8,11-12,15-16,24H,2-6,9-10,13H2,1H3,(H,22,25)(H,23,26)/t16-/m0/s1. The molecule has 1 heterocycles. The Morgan fingerprint density at radius 1 is 1.21 bits per heavy atom. The van der Waals surface area contributed by atoms with Crippen molar-refractivity contribution in [3.05, 3.63) is 30.0 Å². The van der Waals surface area contributed by atoms with E-state index in [-0.39, 0.29) is 17.7 Å². The highest BCUT2D eigenvalue weighted by atomic mass is 16.5. The summed E-state index contributed by atoms with van der Waals surface area (Å²) < 4.78 is 10.8. The van der Waals surface area contributed by atoms with E-state index in [1.165, 1.54) is 26.4 Å². The number of aliphatic hydroxyl groups excluding tert-OH is 1. The topological polar surface area (TPSA) is 101 Å². The van der Waals surface area contributed by atoms with Gasteiger partial charge in [0, 0.05) is 11.4 Å². The van der Waals surface area contributed by atoms with E-state index < -0.39 is 18.6 Å². The zero-order valence-electron chi connectivity index (χ0n) is 16.2. The minimum absolute atomic E-state index is 0.0664. The fourth-order valence-electron chi connectivity index (χ4n) is 3.63. The SMILES string of the molecule is COc1cccc2cc(C(=O)N[C@@H](CO)C(=O)NC3CCCCCCC3)oc12. The lowest BCUT2D eigenvalue weighted by Crippen LogP contribution is -2.51. The van der Waals surface area contributed by atoms with Gasteiger partial charge in [-0.1, -0.05) is 44.2 Å². The second kappa shape index (κ2) is 9.59. The van der Waals surface area contributed by atoms with Crippen LogP contribution in [0.25, 0.3) is 11.0 Å². The lowest BCUT2D eigenvalue weighted by molar-refractivity contribution is -0.124. The highest BCUT2D eigenvalue weighted by Crippen LogP contribution is 2.28. The number of furan rings is 1. The molecule has 1 fully saturated rings. The lowest BCUT2D eigenvalue weighted by Gasteiger charge is -2.23. The molecule has 0 radical (unpaired) electrons. The van der Waals surface area contributed by atoms with Gasteiger partial charge in [0.2, 0.25) is 5.91 Å². The number of para-hydroxylation sites is 1. The van der Waals surface area contributed by atoms with Crippen LogP contribution in [0.15, 0.2) is 28.7 Å². The number of carbonyl (C=O) groups excluding carboxylic acids is 2. The maximum atomic E-state index is 12.5. The number of benzene rings is 1. The maximum Gasteiger partial charge on any atom is 0.287 e. The third-order valence-electron chi connectivity index (χ3n) is 5.21. The summed E-state index contributed by atoms with van der Waals surface area (Å²) in [6, 6.07) is 6.02. The molecule has 0 spiro atoms. The van der Waals surface area contributed by atoms with Crippen molar-refractivity contribution in [2.24, 2.45) is 0 Å². The van der Waals surface area contributed by atoms with E-state index in [1.54, 1.807) is 18.2 Å². The highest BCUT2D eigenvalue weighted by Gasteiger charge is 2.25. The molecule has 0 saturated heterocycles. The Labute approximate surface area is 164 Å². The van der Waals surface area contributed by atoms with Gasteiger partial charge in [0.05, 0.1) is 13.7 Å². The molecule has 28 heavy (non-hydrogen) atoms. The summed E-state index contributed by atoms with van der Waals surface area (Å²) in [4.78, 5) is 25.1. The molecule has 1 aliphatic carbocycles.